The summed E-state index contributed by atoms with van der Waals surface area (Å²) in [7, 11) is -6.29. The predicted octanol–water partition coefficient (Wildman–Crippen LogP) is 2.21. The molecular formula is C11H16O5PS+. The molecule has 0 amide bonds. The van der Waals surface area contributed by atoms with Gasteiger partial charge in [-0.05, 0) is 30.0 Å². The highest BCUT2D eigenvalue weighted by Gasteiger charge is 2.29. The minimum atomic E-state index is -3.86. The van der Waals surface area contributed by atoms with Crippen LogP contribution in [-0.4, -0.2) is 25.6 Å². The number of hydrogen-bond acceptors (Lipinski definition) is 4. The fraction of sp³-hybridized carbons (Fsp3) is 0.455. The monoisotopic (exact) mass is 291 g/mol. The van der Waals surface area contributed by atoms with Crippen LogP contribution in [0, 0.1) is 6.92 Å². The molecule has 0 radical (unpaired) electrons. The van der Waals surface area contributed by atoms with Crippen molar-refractivity contribution in [2.45, 2.75) is 30.8 Å². The van der Waals surface area contributed by atoms with Gasteiger partial charge in [-0.2, -0.15) is 13.3 Å². The van der Waals surface area contributed by atoms with Crippen molar-refractivity contribution in [3.8, 4) is 0 Å². The van der Waals surface area contributed by atoms with E-state index in [4.69, 9.17) is 9.08 Å². The van der Waals surface area contributed by atoms with Crippen molar-refractivity contribution < 1.29 is 22.1 Å². The van der Waals surface area contributed by atoms with Gasteiger partial charge in [0, 0.05) is 0 Å². The molecule has 0 saturated heterocycles. The lowest BCUT2D eigenvalue weighted by molar-refractivity contribution is 0.306. The molecule has 0 saturated carbocycles. The molecule has 1 rings (SSSR count). The molecule has 0 aliphatic rings. The summed E-state index contributed by atoms with van der Waals surface area (Å²) in [6.07, 6.45) is 0.384. The van der Waals surface area contributed by atoms with Crippen molar-refractivity contribution in [2.24, 2.45) is 0 Å². The molecule has 0 bridgehead atoms. The Bertz CT molecular complexity index is 509. The molecule has 1 N–H and O–H groups in total. The third kappa shape index (κ3) is 4.14. The Balaban J connectivity index is 2.76. The zero-order chi connectivity index (χ0) is 13.8. The van der Waals surface area contributed by atoms with E-state index in [0.717, 1.165) is 5.56 Å². The molecule has 0 aromatic heterocycles. The average molecular weight is 291 g/mol. The van der Waals surface area contributed by atoms with Crippen LogP contribution in [0.4, 0.5) is 0 Å². The van der Waals surface area contributed by atoms with E-state index in [-0.39, 0.29) is 11.5 Å². The van der Waals surface area contributed by atoms with E-state index in [9.17, 15) is 13.0 Å². The van der Waals surface area contributed by atoms with Gasteiger partial charge in [0.15, 0.2) is 0 Å². The lowest BCUT2D eigenvalue weighted by Crippen LogP contribution is -2.16. The third-order valence-corrected chi connectivity index (χ3v) is 4.94. The molecule has 18 heavy (non-hydrogen) atoms. The first-order valence-electron chi connectivity index (χ1n) is 5.48. The van der Waals surface area contributed by atoms with E-state index in [0.29, 0.717) is 6.42 Å². The average Bonchev–Trinajstić information content (AvgIpc) is 2.29. The summed E-state index contributed by atoms with van der Waals surface area (Å²) in [5.74, 6) is 0. The smallest absolute Gasteiger partial charge is 0.261 e. The topological polar surface area (TPSA) is 80.7 Å². The van der Waals surface area contributed by atoms with E-state index in [2.05, 4.69) is 0 Å². The van der Waals surface area contributed by atoms with Gasteiger partial charge in [-0.15, -0.1) is 0 Å². The second kappa shape index (κ2) is 6.38. The number of hydrogen-bond donors (Lipinski definition) is 1. The predicted molar refractivity (Wildman–Crippen MR) is 68.2 cm³/mol. The lowest BCUT2D eigenvalue weighted by atomic mass is 10.2. The van der Waals surface area contributed by atoms with Crippen LogP contribution in [0.15, 0.2) is 29.2 Å². The van der Waals surface area contributed by atoms with Crippen molar-refractivity contribution in [2.75, 3.05) is 6.61 Å². The van der Waals surface area contributed by atoms with Gasteiger partial charge in [0.25, 0.3) is 10.1 Å². The summed E-state index contributed by atoms with van der Waals surface area (Å²) in [5, 5.41) is 0. The van der Waals surface area contributed by atoms with Crippen molar-refractivity contribution in [1.29, 1.82) is 0 Å². The van der Waals surface area contributed by atoms with Gasteiger partial charge in [-0.25, -0.2) is 0 Å². The van der Waals surface area contributed by atoms with Crippen molar-refractivity contribution in [3.63, 3.8) is 0 Å². The van der Waals surface area contributed by atoms with Crippen molar-refractivity contribution in [1.82, 2.24) is 0 Å². The zero-order valence-corrected chi connectivity index (χ0v) is 11.9. The van der Waals surface area contributed by atoms with E-state index < -0.39 is 23.8 Å². The Kier molecular flexibility index (Phi) is 5.41. The molecule has 5 nitrogen and oxygen atoms in total. The Morgan fingerprint density at radius 1 is 1.33 bits per heavy atom. The molecule has 0 aliphatic heterocycles. The zero-order valence-electron chi connectivity index (χ0n) is 10.2. The molecule has 1 aromatic carbocycles. The van der Waals surface area contributed by atoms with Gasteiger partial charge in [-0.3, -0.25) is 4.18 Å². The number of benzene rings is 1. The van der Waals surface area contributed by atoms with Crippen LogP contribution in [0.3, 0.4) is 0 Å². The molecule has 100 valence electrons. The second-order valence-electron chi connectivity index (χ2n) is 3.92. The Labute approximate surface area is 108 Å². The molecule has 2 atom stereocenters. The van der Waals surface area contributed by atoms with Crippen LogP contribution in [0.2, 0.25) is 0 Å². The molecule has 7 heteroatoms. The van der Waals surface area contributed by atoms with Gasteiger partial charge in [0.05, 0.1) is 4.90 Å². The quantitative estimate of drug-likeness (QED) is 0.642. The van der Waals surface area contributed by atoms with E-state index in [1.54, 1.807) is 19.1 Å². The van der Waals surface area contributed by atoms with E-state index >= 15 is 0 Å². The summed E-state index contributed by atoms with van der Waals surface area (Å²) in [4.78, 5) is 9.00. The summed E-state index contributed by atoms with van der Waals surface area (Å²) < 4.78 is 39.3. The van der Waals surface area contributed by atoms with Gasteiger partial charge < -0.3 is 0 Å². The Morgan fingerprint density at radius 3 is 2.33 bits per heavy atom. The summed E-state index contributed by atoms with van der Waals surface area (Å²) in [6, 6.07) is 6.23. The molecule has 1 aromatic rings. The molecule has 0 aliphatic carbocycles. The van der Waals surface area contributed by atoms with Crippen LogP contribution in [0.25, 0.3) is 0 Å². The van der Waals surface area contributed by atoms with E-state index in [1.807, 2.05) is 6.92 Å². The fourth-order valence-electron chi connectivity index (χ4n) is 1.28. The van der Waals surface area contributed by atoms with Crippen LogP contribution >= 0.6 is 8.03 Å². The molecule has 0 fully saturated rings. The van der Waals surface area contributed by atoms with Gasteiger partial charge in [-0.1, -0.05) is 24.6 Å². The first kappa shape index (κ1) is 15.2. The highest BCUT2D eigenvalue weighted by molar-refractivity contribution is 7.86. The normalized spacial score (nSPS) is 14.3. The summed E-state index contributed by atoms with van der Waals surface area (Å²) in [6.45, 7) is 3.27. The highest BCUT2D eigenvalue weighted by atomic mass is 32.2. The van der Waals surface area contributed by atoms with Crippen molar-refractivity contribution >= 4 is 18.1 Å². The lowest BCUT2D eigenvalue weighted by Gasteiger charge is -2.06. The SMILES string of the molecule is CCC(COS(=O)(=O)c1ccc(C)cc1)[P+](=O)O. The van der Waals surface area contributed by atoms with Crippen LogP contribution in [0.5, 0.6) is 0 Å². The first-order chi connectivity index (χ1) is 8.36. The largest absolute Gasteiger partial charge is 0.511 e. The standard InChI is InChI=1S/C11H15O5PS/c1-3-10(17(12)13)8-16-18(14,15)11-6-4-9(2)5-7-11/h4-7,10H,3,8H2,1-2H3/p+1. The van der Waals surface area contributed by atoms with Gasteiger partial charge in [0.2, 0.25) is 5.66 Å². The maximum absolute atomic E-state index is 11.8. The first-order valence-corrected chi connectivity index (χ1v) is 8.17. The second-order valence-corrected chi connectivity index (χ2v) is 6.87. The molecule has 2 unspecified atom stereocenters. The summed E-state index contributed by atoms with van der Waals surface area (Å²) in [5.41, 5.74) is 0.277. The maximum atomic E-state index is 11.8. The van der Waals surface area contributed by atoms with E-state index in [1.165, 1.54) is 12.1 Å². The fourth-order valence-corrected chi connectivity index (χ4v) is 2.84. The summed E-state index contributed by atoms with van der Waals surface area (Å²) >= 11 is 0. The van der Waals surface area contributed by atoms with Crippen LogP contribution < -0.4 is 0 Å². The molecule has 0 spiro atoms. The Hall–Kier alpha value is -0.810. The Morgan fingerprint density at radius 2 is 1.89 bits per heavy atom. The minimum Gasteiger partial charge on any atom is -0.261 e. The minimum absolute atomic E-state index is 0.0520. The highest BCUT2D eigenvalue weighted by Crippen LogP contribution is 2.26. The molecular weight excluding hydrogens is 275 g/mol. The number of aryl methyl sites for hydroxylation is 1. The maximum Gasteiger partial charge on any atom is 0.511 e. The third-order valence-electron chi connectivity index (χ3n) is 2.51. The van der Waals surface area contributed by atoms with Crippen LogP contribution in [-0.2, 0) is 18.9 Å². The van der Waals surface area contributed by atoms with Gasteiger partial charge in [0.1, 0.15) is 6.61 Å². The van der Waals surface area contributed by atoms with Gasteiger partial charge >= 0.3 is 8.03 Å². The van der Waals surface area contributed by atoms with Crippen molar-refractivity contribution in [3.05, 3.63) is 29.8 Å². The molecule has 0 heterocycles. The van der Waals surface area contributed by atoms with Crippen LogP contribution in [0.1, 0.15) is 18.9 Å². The number of rotatable bonds is 6.